The Labute approximate surface area is 154 Å². The van der Waals surface area contributed by atoms with Crippen LogP contribution in [0.4, 0.5) is 13.2 Å². The van der Waals surface area contributed by atoms with Crippen LogP contribution >= 0.6 is 0 Å². The third kappa shape index (κ3) is 4.69. The lowest BCUT2D eigenvalue weighted by Crippen LogP contribution is -2.17. The molecule has 0 unspecified atom stereocenters. The minimum absolute atomic E-state index is 0.106. The summed E-state index contributed by atoms with van der Waals surface area (Å²) < 4.78 is 40.4. The Morgan fingerprint density at radius 2 is 1.35 bits per heavy atom. The SMILES string of the molecule is CC1CCC(CCC2CCC(c3cc(F)c(C(=O)F)c(F)c3)CC2)CC1. The second kappa shape index (κ2) is 8.58. The number of rotatable bonds is 5. The molecule has 1 aromatic rings. The van der Waals surface area contributed by atoms with Crippen molar-refractivity contribution >= 4 is 6.04 Å². The molecule has 0 saturated heterocycles. The minimum Gasteiger partial charge on any atom is -0.255 e. The quantitative estimate of drug-likeness (QED) is 0.515. The number of carbonyl (C=O) groups is 1. The fraction of sp³-hybridized carbons (Fsp3) is 0.682. The summed E-state index contributed by atoms with van der Waals surface area (Å²) >= 11 is 0. The van der Waals surface area contributed by atoms with Crippen LogP contribution in [0.5, 0.6) is 0 Å². The first-order valence-electron chi connectivity index (χ1n) is 10.1. The number of halogens is 3. The maximum atomic E-state index is 13.8. The highest BCUT2D eigenvalue weighted by Gasteiger charge is 2.27. The number of hydrogen-bond donors (Lipinski definition) is 0. The van der Waals surface area contributed by atoms with Gasteiger partial charge in [-0.1, -0.05) is 45.4 Å². The van der Waals surface area contributed by atoms with Gasteiger partial charge >= 0.3 is 6.04 Å². The first-order chi connectivity index (χ1) is 12.4. The van der Waals surface area contributed by atoms with Gasteiger partial charge in [-0.05, 0) is 67.1 Å². The summed E-state index contributed by atoms with van der Waals surface area (Å²) in [4.78, 5) is 10.7. The van der Waals surface area contributed by atoms with Crippen LogP contribution in [0.2, 0.25) is 0 Å². The van der Waals surface area contributed by atoms with Gasteiger partial charge in [-0.25, -0.2) is 8.78 Å². The molecule has 0 radical (unpaired) electrons. The van der Waals surface area contributed by atoms with Crippen LogP contribution in [0.1, 0.15) is 93.0 Å². The van der Waals surface area contributed by atoms with Crippen molar-refractivity contribution in [2.45, 2.75) is 77.0 Å². The Hall–Kier alpha value is -1.32. The molecule has 0 aliphatic heterocycles. The fourth-order valence-electron chi connectivity index (χ4n) is 4.89. The standard InChI is InChI=1S/C22H29F3O/c1-14-2-4-15(5-3-14)6-7-16-8-10-17(11-9-16)18-12-19(23)21(22(25)26)20(24)13-18/h12-17H,2-11H2,1H3. The summed E-state index contributed by atoms with van der Waals surface area (Å²) in [6, 6.07) is 0.237. The van der Waals surface area contributed by atoms with Crippen LogP contribution in [-0.4, -0.2) is 6.04 Å². The molecule has 144 valence electrons. The van der Waals surface area contributed by atoms with E-state index in [0.29, 0.717) is 11.5 Å². The molecule has 0 heterocycles. The summed E-state index contributed by atoms with van der Waals surface area (Å²) in [5.41, 5.74) is -0.506. The van der Waals surface area contributed by atoms with Crippen molar-refractivity contribution in [3.63, 3.8) is 0 Å². The Morgan fingerprint density at radius 3 is 1.81 bits per heavy atom. The highest BCUT2D eigenvalue weighted by molar-refractivity contribution is 5.89. The van der Waals surface area contributed by atoms with Gasteiger partial charge < -0.3 is 0 Å². The molecule has 2 aliphatic carbocycles. The van der Waals surface area contributed by atoms with Crippen LogP contribution in [0.3, 0.4) is 0 Å². The van der Waals surface area contributed by atoms with Gasteiger partial charge in [0.2, 0.25) is 0 Å². The molecule has 2 aliphatic rings. The largest absolute Gasteiger partial charge is 0.338 e. The van der Waals surface area contributed by atoms with Gasteiger partial charge in [-0.3, -0.25) is 4.79 Å². The lowest BCUT2D eigenvalue weighted by atomic mass is 9.74. The van der Waals surface area contributed by atoms with Crippen molar-refractivity contribution in [3.05, 3.63) is 34.9 Å². The van der Waals surface area contributed by atoms with E-state index < -0.39 is 23.2 Å². The van der Waals surface area contributed by atoms with Gasteiger partial charge in [0.25, 0.3) is 0 Å². The van der Waals surface area contributed by atoms with Crippen molar-refractivity contribution in [3.8, 4) is 0 Å². The maximum absolute atomic E-state index is 13.8. The number of benzene rings is 1. The molecule has 0 bridgehead atoms. The van der Waals surface area contributed by atoms with E-state index in [1.807, 2.05) is 0 Å². The Bertz CT molecular complexity index is 603. The van der Waals surface area contributed by atoms with E-state index in [9.17, 15) is 18.0 Å². The predicted molar refractivity (Wildman–Crippen MR) is 96.9 cm³/mol. The molecule has 0 atom stereocenters. The first-order valence-corrected chi connectivity index (χ1v) is 10.1. The second-order valence-corrected chi connectivity index (χ2v) is 8.55. The van der Waals surface area contributed by atoms with E-state index in [0.717, 1.165) is 49.7 Å². The summed E-state index contributed by atoms with van der Waals surface area (Å²) in [6.45, 7) is 2.35. The molecule has 0 aromatic heterocycles. The zero-order valence-electron chi connectivity index (χ0n) is 15.6. The summed E-state index contributed by atoms with van der Waals surface area (Å²) in [5.74, 6) is 0.434. The molecular weight excluding hydrogens is 337 g/mol. The van der Waals surface area contributed by atoms with Crippen LogP contribution in [0, 0.1) is 29.4 Å². The van der Waals surface area contributed by atoms with E-state index in [1.165, 1.54) is 38.5 Å². The average Bonchev–Trinajstić information content (AvgIpc) is 2.61. The van der Waals surface area contributed by atoms with Gasteiger partial charge in [-0.15, -0.1) is 0 Å². The van der Waals surface area contributed by atoms with E-state index in [-0.39, 0.29) is 5.92 Å². The van der Waals surface area contributed by atoms with Crippen molar-refractivity contribution in [2.75, 3.05) is 0 Å². The van der Waals surface area contributed by atoms with Crippen LogP contribution in [0.15, 0.2) is 12.1 Å². The van der Waals surface area contributed by atoms with Crippen LogP contribution in [-0.2, 0) is 0 Å². The zero-order chi connectivity index (χ0) is 18.7. The van der Waals surface area contributed by atoms with E-state index in [4.69, 9.17) is 0 Å². The van der Waals surface area contributed by atoms with Crippen LogP contribution in [0.25, 0.3) is 0 Å². The van der Waals surface area contributed by atoms with Gasteiger partial charge in [0.1, 0.15) is 17.2 Å². The number of carbonyl (C=O) groups excluding carboxylic acids is 1. The third-order valence-corrected chi connectivity index (χ3v) is 6.70. The van der Waals surface area contributed by atoms with E-state index in [1.54, 1.807) is 0 Å². The first kappa shape index (κ1) is 19.4. The molecule has 26 heavy (non-hydrogen) atoms. The summed E-state index contributed by atoms with van der Waals surface area (Å²) in [6.07, 6.45) is 12.0. The molecular formula is C22H29F3O. The van der Waals surface area contributed by atoms with Crippen molar-refractivity contribution in [2.24, 2.45) is 17.8 Å². The molecule has 2 saturated carbocycles. The van der Waals surface area contributed by atoms with Crippen molar-refractivity contribution < 1.29 is 18.0 Å². The van der Waals surface area contributed by atoms with Gasteiger partial charge in [0, 0.05) is 0 Å². The summed E-state index contributed by atoms with van der Waals surface area (Å²) in [7, 11) is 0. The second-order valence-electron chi connectivity index (χ2n) is 8.55. The molecule has 1 aromatic carbocycles. The molecule has 2 fully saturated rings. The molecule has 1 nitrogen and oxygen atoms in total. The molecule has 0 spiro atoms. The van der Waals surface area contributed by atoms with E-state index >= 15 is 0 Å². The zero-order valence-corrected chi connectivity index (χ0v) is 15.6. The lowest BCUT2D eigenvalue weighted by molar-refractivity contribution is 0.0826. The van der Waals surface area contributed by atoms with Crippen LogP contribution < -0.4 is 0 Å². The maximum Gasteiger partial charge on any atom is 0.338 e. The van der Waals surface area contributed by atoms with Crippen molar-refractivity contribution in [1.82, 2.24) is 0 Å². The van der Waals surface area contributed by atoms with Crippen molar-refractivity contribution in [1.29, 1.82) is 0 Å². The Morgan fingerprint density at radius 1 is 0.885 bits per heavy atom. The molecule has 0 amide bonds. The van der Waals surface area contributed by atoms with Gasteiger partial charge in [0.05, 0.1) is 0 Å². The highest BCUT2D eigenvalue weighted by atomic mass is 19.2. The van der Waals surface area contributed by atoms with Gasteiger partial charge in [0.15, 0.2) is 0 Å². The van der Waals surface area contributed by atoms with E-state index in [2.05, 4.69) is 6.92 Å². The minimum atomic E-state index is -2.05. The summed E-state index contributed by atoms with van der Waals surface area (Å²) in [5, 5.41) is 0. The smallest absolute Gasteiger partial charge is 0.255 e. The molecule has 0 N–H and O–H groups in total. The third-order valence-electron chi connectivity index (χ3n) is 6.70. The average molecular weight is 366 g/mol. The fourth-order valence-corrected chi connectivity index (χ4v) is 4.89. The Kier molecular flexibility index (Phi) is 6.42. The molecule has 4 heteroatoms. The highest BCUT2D eigenvalue weighted by Crippen LogP contribution is 2.40. The predicted octanol–water partition coefficient (Wildman–Crippen LogP) is 6.95. The normalized spacial score (nSPS) is 29.5. The number of hydrogen-bond acceptors (Lipinski definition) is 1. The lowest BCUT2D eigenvalue weighted by Gasteiger charge is -2.31. The Balaban J connectivity index is 1.50. The topological polar surface area (TPSA) is 17.1 Å². The van der Waals surface area contributed by atoms with Gasteiger partial charge in [-0.2, -0.15) is 4.39 Å². The monoisotopic (exact) mass is 366 g/mol. The molecule has 3 rings (SSSR count).